The van der Waals surface area contributed by atoms with E-state index in [0.29, 0.717) is 13.1 Å². The smallest absolute Gasteiger partial charge is 0.237 e. The van der Waals surface area contributed by atoms with Crippen molar-refractivity contribution in [3.05, 3.63) is 35.6 Å². The molecule has 1 atom stereocenters. The Morgan fingerprint density at radius 1 is 1.30 bits per heavy atom. The van der Waals surface area contributed by atoms with E-state index >= 15 is 0 Å². The highest BCUT2D eigenvalue weighted by atomic mass is 35.5. The number of likely N-dealkylation sites (N-methyl/N-ethyl adjacent to an activating group) is 1. The molecule has 6 heteroatoms. The lowest BCUT2D eigenvalue weighted by molar-refractivity contribution is -0.134. The topological polar surface area (TPSA) is 35.6 Å². The molecule has 1 N–H and O–H groups in total. The Morgan fingerprint density at radius 2 is 2.00 bits per heavy atom. The van der Waals surface area contributed by atoms with Gasteiger partial charge in [0.2, 0.25) is 5.91 Å². The fraction of sp³-hybridized carbons (Fsp3) is 0.588. The first-order valence-electron chi connectivity index (χ1n) is 8.09. The molecule has 1 fully saturated rings. The Morgan fingerprint density at radius 3 is 2.65 bits per heavy atom. The van der Waals surface area contributed by atoms with Gasteiger partial charge in [-0.15, -0.1) is 12.4 Å². The Kier molecular flexibility index (Phi) is 8.52. The number of rotatable bonds is 5. The van der Waals surface area contributed by atoms with Gasteiger partial charge in [-0.3, -0.25) is 9.69 Å². The van der Waals surface area contributed by atoms with Crippen LogP contribution in [0.15, 0.2) is 24.3 Å². The lowest BCUT2D eigenvalue weighted by Crippen LogP contribution is -2.42. The van der Waals surface area contributed by atoms with Crippen LogP contribution >= 0.6 is 12.4 Å². The van der Waals surface area contributed by atoms with Crippen LogP contribution in [0.25, 0.3) is 0 Å². The van der Waals surface area contributed by atoms with Gasteiger partial charge in [-0.2, -0.15) is 0 Å². The Bertz CT molecular complexity index is 475. The third-order valence-corrected chi connectivity index (χ3v) is 4.27. The summed E-state index contributed by atoms with van der Waals surface area (Å²) < 4.78 is 13.0. The SMILES string of the molecule is CCN(C(=O)CN1CCCNCC1)C(C)c1ccc(F)cc1.Cl. The summed E-state index contributed by atoms with van der Waals surface area (Å²) in [6.45, 7) is 8.93. The molecule has 1 saturated heterocycles. The van der Waals surface area contributed by atoms with Gasteiger partial charge in [-0.25, -0.2) is 4.39 Å². The molecule has 0 aromatic heterocycles. The van der Waals surface area contributed by atoms with E-state index in [1.807, 2.05) is 18.7 Å². The van der Waals surface area contributed by atoms with Gasteiger partial charge in [-0.05, 0) is 51.1 Å². The minimum Gasteiger partial charge on any atom is -0.335 e. The van der Waals surface area contributed by atoms with E-state index in [-0.39, 0.29) is 30.2 Å². The molecule has 0 spiro atoms. The number of nitrogens with zero attached hydrogens (tertiary/aromatic N) is 2. The van der Waals surface area contributed by atoms with Gasteiger partial charge in [0.25, 0.3) is 0 Å². The largest absolute Gasteiger partial charge is 0.335 e. The van der Waals surface area contributed by atoms with E-state index in [4.69, 9.17) is 0 Å². The van der Waals surface area contributed by atoms with Crippen molar-refractivity contribution in [1.29, 1.82) is 0 Å². The van der Waals surface area contributed by atoms with Crippen LogP contribution in [0.1, 0.15) is 31.9 Å². The van der Waals surface area contributed by atoms with Crippen LogP contribution in [0.4, 0.5) is 4.39 Å². The highest BCUT2D eigenvalue weighted by Crippen LogP contribution is 2.20. The molecule has 0 radical (unpaired) electrons. The summed E-state index contributed by atoms with van der Waals surface area (Å²) >= 11 is 0. The average Bonchev–Trinajstić information content (AvgIpc) is 2.77. The molecule has 0 saturated carbocycles. The summed E-state index contributed by atoms with van der Waals surface area (Å²) in [4.78, 5) is 16.7. The van der Waals surface area contributed by atoms with Crippen molar-refractivity contribution in [3.8, 4) is 0 Å². The van der Waals surface area contributed by atoms with Gasteiger partial charge in [0.15, 0.2) is 0 Å². The average molecular weight is 344 g/mol. The monoisotopic (exact) mass is 343 g/mol. The van der Waals surface area contributed by atoms with Crippen molar-refractivity contribution in [3.63, 3.8) is 0 Å². The molecular weight excluding hydrogens is 317 g/mol. The molecule has 1 aromatic carbocycles. The second-order valence-corrected chi connectivity index (χ2v) is 5.79. The Balaban J connectivity index is 0.00000264. The molecule has 2 rings (SSSR count). The standard InChI is InChI=1S/C17H26FN3O.ClH/c1-3-21(14(2)15-5-7-16(18)8-6-15)17(22)13-20-11-4-9-19-10-12-20;/h5-8,14,19H,3-4,9-13H2,1-2H3;1H. The zero-order valence-corrected chi connectivity index (χ0v) is 14.7. The highest BCUT2D eigenvalue weighted by molar-refractivity contribution is 5.85. The lowest BCUT2D eigenvalue weighted by Gasteiger charge is -2.31. The number of benzene rings is 1. The number of carbonyl (C=O) groups is 1. The molecule has 1 aliphatic heterocycles. The number of carbonyl (C=O) groups excluding carboxylic acids is 1. The molecule has 1 aliphatic rings. The number of hydrogen-bond donors (Lipinski definition) is 1. The van der Waals surface area contributed by atoms with Crippen LogP contribution in [-0.2, 0) is 4.79 Å². The Labute approximate surface area is 144 Å². The maximum Gasteiger partial charge on any atom is 0.237 e. The summed E-state index contributed by atoms with van der Waals surface area (Å²) in [7, 11) is 0. The van der Waals surface area contributed by atoms with Crippen molar-refractivity contribution in [2.24, 2.45) is 0 Å². The van der Waals surface area contributed by atoms with Gasteiger partial charge in [0.1, 0.15) is 5.82 Å². The van der Waals surface area contributed by atoms with Crippen LogP contribution in [-0.4, -0.2) is 55.0 Å². The summed E-state index contributed by atoms with van der Waals surface area (Å²) in [5.41, 5.74) is 0.967. The maximum absolute atomic E-state index is 13.0. The third-order valence-electron chi connectivity index (χ3n) is 4.27. The quantitative estimate of drug-likeness (QED) is 0.892. The van der Waals surface area contributed by atoms with Crippen LogP contribution in [0, 0.1) is 5.82 Å². The molecule has 23 heavy (non-hydrogen) atoms. The first kappa shape index (κ1) is 19.9. The van der Waals surface area contributed by atoms with Gasteiger partial charge in [0.05, 0.1) is 12.6 Å². The number of nitrogens with one attached hydrogen (secondary N) is 1. The summed E-state index contributed by atoms with van der Waals surface area (Å²) in [5, 5.41) is 3.35. The van der Waals surface area contributed by atoms with Crippen LogP contribution in [0.2, 0.25) is 0 Å². The molecular formula is C17H27ClFN3O. The molecule has 0 aliphatic carbocycles. The molecule has 1 unspecified atom stereocenters. The predicted molar refractivity (Wildman–Crippen MR) is 93.4 cm³/mol. The van der Waals surface area contributed by atoms with Crippen molar-refractivity contribution in [2.75, 3.05) is 39.3 Å². The summed E-state index contributed by atoms with van der Waals surface area (Å²) in [6, 6.07) is 6.37. The van der Waals surface area contributed by atoms with Crippen LogP contribution in [0.5, 0.6) is 0 Å². The van der Waals surface area contributed by atoms with E-state index < -0.39 is 0 Å². The maximum atomic E-state index is 13.0. The molecule has 0 bridgehead atoms. The van der Waals surface area contributed by atoms with E-state index in [1.54, 1.807) is 12.1 Å². The van der Waals surface area contributed by atoms with Crippen molar-refractivity contribution in [2.45, 2.75) is 26.3 Å². The van der Waals surface area contributed by atoms with E-state index in [1.165, 1.54) is 12.1 Å². The molecule has 4 nitrogen and oxygen atoms in total. The third kappa shape index (κ3) is 5.75. The van der Waals surface area contributed by atoms with Crippen LogP contribution < -0.4 is 5.32 Å². The van der Waals surface area contributed by atoms with E-state index in [0.717, 1.165) is 38.2 Å². The minimum atomic E-state index is -0.248. The lowest BCUT2D eigenvalue weighted by atomic mass is 10.1. The molecule has 130 valence electrons. The zero-order chi connectivity index (χ0) is 15.9. The zero-order valence-electron chi connectivity index (χ0n) is 13.9. The van der Waals surface area contributed by atoms with Crippen LogP contribution in [0.3, 0.4) is 0 Å². The number of amides is 1. The fourth-order valence-corrected chi connectivity index (χ4v) is 2.93. The predicted octanol–water partition coefficient (Wildman–Crippen LogP) is 2.45. The second kappa shape index (κ2) is 9.85. The first-order valence-corrected chi connectivity index (χ1v) is 8.09. The molecule has 1 aromatic rings. The highest BCUT2D eigenvalue weighted by Gasteiger charge is 2.22. The summed E-state index contributed by atoms with van der Waals surface area (Å²) in [6.07, 6.45) is 1.08. The normalized spacial score (nSPS) is 17.0. The molecule has 1 amide bonds. The van der Waals surface area contributed by atoms with E-state index in [9.17, 15) is 9.18 Å². The van der Waals surface area contributed by atoms with Gasteiger partial charge in [-0.1, -0.05) is 12.1 Å². The van der Waals surface area contributed by atoms with Gasteiger partial charge >= 0.3 is 0 Å². The first-order chi connectivity index (χ1) is 10.6. The fourth-order valence-electron chi connectivity index (χ4n) is 2.93. The Hall–Kier alpha value is -1.17. The molecule has 1 heterocycles. The minimum absolute atomic E-state index is 0. The number of hydrogen-bond acceptors (Lipinski definition) is 3. The van der Waals surface area contributed by atoms with E-state index in [2.05, 4.69) is 10.2 Å². The summed E-state index contributed by atoms with van der Waals surface area (Å²) in [5.74, 6) is -0.108. The second-order valence-electron chi connectivity index (χ2n) is 5.79. The van der Waals surface area contributed by atoms with Gasteiger partial charge < -0.3 is 10.2 Å². The van der Waals surface area contributed by atoms with Crippen molar-refractivity contribution >= 4 is 18.3 Å². The van der Waals surface area contributed by atoms with Crippen molar-refractivity contribution < 1.29 is 9.18 Å². The number of halogens is 2. The van der Waals surface area contributed by atoms with Gasteiger partial charge in [0, 0.05) is 19.6 Å². The van der Waals surface area contributed by atoms with Crippen molar-refractivity contribution in [1.82, 2.24) is 15.1 Å².